The van der Waals surface area contributed by atoms with E-state index in [0.29, 0.717) is 13.2 Å². The Balaban J connectivity index is 1.62. The Morgan fingerprint density at radius 1 is 1.29 bits per heavy atom. The second kappa shape index (κ2) is 6.61. The summed E-state index contributed by atoms with van der Waals surface area (Å²) in [5, 5.41) is 0. The van der Waals surface area contributed by atoms with Gasteiger partial charge in [-0.2, -0.15) is 0 Å². The van der Waals surface area contributed by atoms with Crippen LogP contribution in [0.25, 0.3) is 11.3 Å². The Morgan fingerprint density at radius 3 is 2.96 bits per heavy atom. The maximum atomic E-state index is 12.0. The van der Waals surface area contributed by atoms with Crippen LogP contribution >= 0.6 is 11.3 Å². The molecule has 0 aliphatic carbocycles. The van der Waals surface area contributed by atoms with Crippen LogP contribution in [-0.4, -0.2) is 36.2 Å². The molecule has 2 aromatic rings. The number of nitrogens with one attached hydrogen (secondary N) is 1. The molecule has 24 heavy (non-hydrogen) atoms. The molecule has 4 rings (SSSR count). The zero-order valence-corrected chi connectivity index (χ0v) is 14.7. The molecule has 6 heteroatoms. The van der Waals surface area contributed by atoms with E-state index in [4.69, 9.17) is 9.47 Å². The molecule has 3 heterocycles. The molecule has 1 saturated heterocycles. The summed E-state index contributed by atoms with van der Waals surface area (Å²) in [6, 6.07) is 5.88. The molecule has 1 fully saturated rings. The van der Waals surface area contributed by atoms with Gasteiger partial charge < -0.3 is 14.5 Å². The molecule has 2 aliphatic heterocycles. The van der Waals surface area contributed by atoms with Crippen molar-refractivity contribution in [3.05, 3.63) is 32.7 Å². The second-order valence-electron chi connectivity index (χ2n) is 6.65. The first kappa shape index (κ1) is 15.7. The fourth-order valence-electron chi connectivity index (χ4n) is 3.54. The molecule has 0 radical (unpaired) electrons. The normalized spacial score (nSPS) is 21.0. The maximum Gasteiger partial charge on any atom is 0.305 e. The first-order valence-corrected chi connectivity index (χ1v) is 9.35. The molecule has 5 nitrogen and oxygen atoms in total. The molecule has 1 aromatic heterocycles. The summed E-state index contributed by atoms with van der Waals surface area (Å²) in [5.41, 5.74) is 1.90. The number of aromatic amines is 1. The van der Waals surface area contributed by atoms with Crippen LogP contribution in [0.3, 0.4) is 0 Å². The number of hydrogen-bond donors (Lipinski definition) is 1. The number of piperidine rings is 1. The lowest BCUT2D eigenvalue weighted by molar-refractivity contribution is 0.171. The number of likely N-dealkylation sites (tertiary alicyclic amines) is 1. The zero-order chi connectivity index (χ0) is 16.5. The Hall–Kier alpha value is -1.79. The van der Waals surface area contributed by atoms with Crippen LogP contribution in [0.15, 0.2) is 23.0 Å². The number of ether oxygens (including phenoxy) is 2. The van der Waals surface area contributed by atoms with Crippen LogP contribution in [0.5, 0.6) is 11.5 Å². The van der Waals surface area contributed by atoms with E-state index < -0.39 is 0 Å². The molecule has 1 N–H and O–H groups in total. The number of nitrogens with zero attached hydrogens (tertiary/aromatic N) is 1. The van der Waals surface area contributed by atoms with Gasteiger partial charge in [-0.3, -0.25) is 9.69 Å². The van der Waals surface area contributed by atoms with Crippen molar-refractivity contribution in [2.45, 2.75) is 26.3 Å². The number of rotatable bonds is 3. The van der Waals surface area contributed by atoms with E-state index in [1.807, 2.05) is 18.2 Å². The molecule has 0 saturated carbocycles. The number of thiazole rings is 1. The van der Waals surface area contributed by atoms with Crippen LogP contribution in [0.2, 0.25) is 0 Å². The van der Waals surface area contributed by atoms with Crippen molar-refractivity contribution < 1.29 is 9.47 Å². The fourth-order valence-corrected chi connectivity index (χ4v) is 4.43. The first-order chi connectivity index (χ1) is 11.7. The predicted molar refractivity (Wildman–Crippen MR) is 95.0 cm³/mol. The van der Waals surface area contributed by atoms with Gasteiger partial charge in [-0.15, -0.1) is 0 Å². The quantitative estimate of drug-likeness (QED) is 0.928. The lowest BCUT2D eigenvalue weighted by atomic mass is 10.00. The van der Waals surface area contributed by atoms with Crippen LogP contribution in [0.1, 0.15) is 24.6 Å². The SMILES string of the molecule is CC1CCCN(Cc2sc(=O)[nH]c2-c2ccc3c(c2)OCCO3)C1. The monoisotopic (exact) mass is 346 g/mol. The van der Waals surface area contributed by atoms with Crippen LogP contribution in [0, 0.1) is 5.92 Å². The first-order valence-electron chi connectivity index (χ1n) is 8.53. The van der Waals surface area contributed by atoms with E-state index in [9.17, 15) is 4.79 Å². The van der Waals surface area contributed by atoms with E-state index in [-0.39, 0.29) is 4.87 Å². The highest BCUT2D eigenvalue weighted by atomic mass is 32.1. The Morgan fingerprint density at radius 2 is 2.12 bits per heavy atom. The number of benzene rings is 1. The van der Waals surface area contributed by atoms with Crippen molar-refractivity contribution in [1.82, 2.24) is 9.88 Å². The molecule has 1 atom stereocenters. The average molecular weight is 346 g/mol. The molecular weight excluding hydrogens is 324 g/mol. The van der Waals surface area contributed by atoms with Gasteiger partial charge >= 0.3 is 4.87 Å². The second-order valence-corrected chi connectivity index (χ2v) is 7.72. The smallest absolute Gasteiger partial charge is 0.305 e. The molecular formula is C18H22N2O3S. The third kappa shape index (κ3) is 3.21. The summed E-state index contributed by atoms with van der Waals surface area (Å²) in [6.45, 7) is 6.49. The Kier molecular flexibility index (Phi) is 4.33. The van der Waals surface area contributed by atoms with E-state index in [1.165, 1.54) is 24.2 Å². The summed E-state index contributed by atoms with van der Waals surface area (Å²) in [5.74, 6) is 2.25. The average Bonchev–Trinajstić information content (AvgIpc) is 2.95. The van der Waals surface area contributed by atoms with E-state index in [1.54, 1.807) is 0 Å². The third-order valence-corrected chi connectivity index (χ3v) is 5.53. The Labute approximate surface area is 145 Å². The largest absolute Gasteiger partial charge is 0.486 e. The minimum absolute atomic E-state index is 0.0000491. The minimum atomic E-state index is -0.0000491. The maximum absolute atomic E-state index is 12.0. The number of hydrogen-bond acceptors (Lipinski definition) is 5. The van der Waals surface area contributed by atoms with Gasteiger partial charge in [-0.25, -0.2) is 0 Å². The van der Waals surface area contributed by atoms with E-state index >= 15 is 0 Å². The van der Waals surface area contributed by atoms with Crippen molar-refractivity contribution >= 4 is 11.3 Å². The van der Waals surface area contributed by atoms with Gasteiger partial charge in [0.2, 0.25) is 0 Å². The molecule has 0 bridgehead atoms. The minimum Gasteiger partial charge on any atom is -0.486 e. The summed E-state index contributed by atoms with van der Waals surface area (Å²) >= 11 is 1.32. The molecule has 1 unspecified atom stereocenters. The molecule has 0 spiro atoms. The Bertz CT molecular complexity index is 783. The number of H-pyrrole nitrogens is 1. The lowest BCUT2D eigenvalue weighted by Gasteiger charge is -2.30. The standard InChI is InChI=1S/C18H22N2O3S/c1-12-3-2-6-20(10-12)11-16-17(19-18(21)24-16)13-4-5-14-15(9-13)23-8-7-22-14/h4-5,9,12H,2-3,6-8,10-11H2,1H3,(H,19,21). The highest BCUT2D eigenvalue weighted by Crippen LogP contribution is 2.35. The summed E-state index contributed by atoms with van der Waals surface area (Å²) < 4.78 is 11.3. The third-order valence-electron chi connectivity index (χ3n) is 4.66. The molecule has 0 amide bonds. The molecule has 128 valence electrons. The topological polar surface area (TPSA) is 54.6 Å². The van der Waals surface area contributed by atoms with E-state index in [0.717, 1.165) is 53.2 Å². The highest BCUT2D eigenvalue weighted by Gasteiger charge is 2.20. The summed E-state index contributed by atoms with van der Waals surface area (Å²) in [4.78, 5) is 18.5. The van der Waals surface area contributed by atoms with Gasteiger partial charge in [0.1, 0.15) is 13.2 Å². The van der Waals surface area contributed by atoms with Gasteiger partial charge in [0.25, 0.3) is 0 Å². The lowest BCUT2D eigenvalue weighted by Crippen LogP contribution is -2.33. The predicted octanol–water partition coefficient (Wildman–Crippen LogP) is 3.11. The van der Waals surface area contributed by atoms with Gasteiger partial charge in [-0.1, -0.05) is 18.3 Å². The van der Waals surface area contributed by atoms with Crippen molar-refractivity contribution in [1.29, 1.82) is 0 Å². The fraction of sp³-hybridized carbons (Fsp3) is 0.500. The van der Waals surface area contributed by atoms with Gasteiger partial charge in [0.05, 0.1) is 5.69 Å². The van der Waals surface area contributed by atoms with Crippen molar-refractivity contribution in [2.75, 3.05) is 26.3 Å². The van der Waals surface area contributed by atoms with Crippen LogP contribution in [-0.2, 0) is 6.54 Å². The zero-order valence-electron chi connectivity index (χ0n) is 13.8. The number of aromatic nitrogens is 1. The highest BCUT2D eigenvalue weighted by molar-refractivity contribution is 7.09. The van der Waals surface area contributed by atoms with Gasteiger partial charge in [-0.05, 0) is 43.5 Å². The van der Waals surface area contributed by atoms with Crippen molar-refractivity contribution in [3.8, 4) is 22.8 Å². The van der Waals surface area contributed by atoms with Crippen molar-refractivity contribution in [3.63, 3.8) is 0 Å². The summed E-state index contributed by atoms with van der Waals surface area (Å²) in [7, 11) is 0. The van der Waals surface area contributed by atoms with Crippen LogP contribution in [0.4, 0.5) is 0 Å². The van der Waals surface area contributed by atoms with Crippen molar-refractivity contribution in [2.24, 2.45) is 5.92 Å². The number of fused-ring (bicyclic) bond motifs is 1. The van der Waals surface area contributed by atoms with E-state index in [2.05, 4.69) is 16.8 Å². The van der Waals surface area contributed by atoms with Crippen LogP contribution < -0.4 is 14.3 Å². The van der Waals surface area contributed by atoms with Gasteiger partial charge in [0.15, 0.2) is 11.5 Å². The van der Waals surface area contributed by atoms with Gasteiger partial charge in [0, 0.05) is 23.5 Å². The molecule has 1 aromatic carbocycles. The summed E-state index contributed by atoms with van der Waals surface area (Å²) in [6.07, 6.45) is 2.54. The molecule has 2 aliphatic rings.